The van der Waals surface area contributed by atoms with Crippen LogP contribution in [0.3, 0.4) is 0 Å². The molecule has 0 aromatic heterocycles. The fraction of sp³-hybridized carbons (Fsp3) is 0.588. The van der Waals surface area contributed by atoms with Crippen molar-refractivity contribution >= 4 is 5.91 Å². The van der Waals surface area contributed by atoms with E-state index in [1.807, 2.05) is 12.1 Å². The number of likely N-dealkylation sites (tertiary alicyclic amines) is 1. The van der Waals surface area contributed by atoms with Gasteiger partial charge in [0.05, 0.1) is 6.42 Å². The van der Waals surface area contributed by atoms with Crippen molar-refractivity contribution in [1.29, 1.82) is 0 Å². The highest BCUT2D eigenvalue weighted by atomic mass is 19.4. The number of nitrogens with one attached hydrogen (secondary N) is 1. The average molecular weight is 328 g/mol. The molecule has 0 aliphatic carbocycles. The van der Waals surface area contributed by atoms with Crippen molar-refractivity contribution in [2.45, 2.75) is 38.9 Å². The molecule has 1 saturated heterocycles. The molecule has 1 fully saturated rings. The number of carbonyl (C=O) groups excluding carboxylic acids is 1. The molecule has 0 spiro atoms. The van der Waals surface area contributed by atoms with E-state index >= 15 is 0 Å². The number of amides is 1. The molecule has 1 heterocycles. The minimum Gasteiger partial charge on any atom is -0.356 e. The van der Waals surface area contributed by atoms with Gasteiger partial charge in [-0.15, -0.1) is 0 Å². The molecule has 0 bridgehead atoms. The van der Waals surface area contributed by atoms with Crippen LogP contribution in [0.5, 0.6) is 0 Å². The van der Waals surface area contributed by atoms with Crippen LogP contribution in [-0.2, 0) is 11.3 Å². The average Bonchev–Trinajstić information content (AvgIpc) is 2.92. The number of carbonyl (C=O) groups is 1. The third kappa shape index (κ3) is 6.22. The van der Waals surface area contributed by atoms with Crippen LogP contribution in [-0.4, -0.2) is 36.6 Å². The van der Waals surface area contributed by atoms with Gasteiger partial charge in [0.2, 0.25) is 5.91 Å². The van der Waals surface area contributed by atoms with Crippen molar-refractivity contribution in [2.24, 2.45) is 5.92 Å². The molecular formula is C17H23F3N2O. The minimum atomic E-state index is -4.27. The maximum atomic E-state index is 12.1. The fourth-order valence-corrected chi connectivity index (χ4v) is 2.85. The smallest absolute Gasteiger partial charge is 0.356 e. The van der Waals surface area contributed by atoms with Gasteiger partial charge >= 0.3 is 6.18 Å². The molecule has 1 aromatic rings. The highest BCUT2D eigenvalue weighted by Gasteiger charge is 2.28. The van der Waals surface area contributed by atoms with Crippen LogP contribution in [0.15, 0.2) is 24.3 Å². The van der Waals surface area contributed by atoms with E-state index in [-0.39, 0.29) is 0 Å². The van der Waals surface area contributed by atoms with Gasteiger partial charge in [0, 0.05) is 26.1 Å². The number of aryl methyl sites for hydroxylation is 1. The second-order valence-electron chi connectivity index (χ2n) is 6.24. The van der Waals surface area contributed by atoms with Gasteiger partial charge in [0.1, 0.15) is 0 Å². The fourth-order valence-electron chi connectivity index (χ4n) is 2.85. The quantitative estimate of drug-likeness (QED) is 0.869. The highest BCUT2D eigenvalue weighted by Crippen LogP contribution is 2.22. The maximum Gasteiger partial charge on any atom is 0.389 e. The monoisotopic (exact) mass is 328 g/mol. The first-order chi connectivity index (χ1) is 10.8. The summed E-state index contributed by atoms with van der Waals surface area (Å²) in [7, 11) is 0. The lowest BCUT2D eigenvalue weighted by atomic mass is 10.1. The Balaban J connectivity index is 1.69. The molecule has 128 valence electrons. The van der Waals surface area contributed by atoms with Crippen molar-refractivity contribution < 1.29 is 18.0 Å². The Bertz CT molecular complexity index is 531. The molecule has 1 atom stereocenters. The predicted molar refractivity (Wildman–Crippen MR) is 82.9 cm³/mol. The van der Waals surface area contributed by atoms with Gasteiger partial charge in [-0.25, -0.2) is 0 Å². The first-order valence-electron chi connectivity index (χ1n) is 7.94. The summed E-state index contributed by atoms with van der Waals surface area (Å²) in [5.41, 5.74) is 2.55. The van der Waals surface area contributed by atoms with Gasteiger partial charge in [-0.3, -0.25) is 9.69 Å². The number of hydrogen-bond acceptors (Lipinski definition) is 2. The zero-order chi connectivity index (χ0) is 16.9. The lowest BCUT2D eigenvalue weighted by Gasteiger charge is -2.17. The Morgan fingerprint density at radius 3 is 2.78 bits per heavy atom. The SMILES string of the molecule is Cc1ccccc1CN1CC[C@H](CNC(=O)CCC(F)(F)F)C1. The van der Waals surface area contributed by atoms with Crippen molar-refractivity contribution in [2.75, 3.05) is 19.6 Å². The van der Waals surface area contributed by atoms with E-state index in [9.17, 15) is 18.0 Å². The van der Waals surface area contributed by atoms with Gasteiger partial charge in [0.25, 0.3) is 0 Å². The Labute approximate surface area is 134 Å². The number of benzene rings is 1. The Morgan fingerprint density at radius 1 is 1.35 bits per heavy atom. The van der Waals surface area contributed by atoms with E-state index < -0.39 is 24.9 Å². The number of alkyl halides is 3. The zero-order valence-electron chi connectivity index (χ0n) is 13.3. The first-order valence-corrected chi connectivity index (χ1v) is 7.94. The molecule has 6 heteroatoms. The zero-order valence-corrected chi connectivity index (χ0v) is 13.3. The largest absolute Gasteiger partial charge is 0.389 e. The first kappa shape index (κ1) is 17.8. The van der Waals surface area contributed by atoms with Crippen LogP contribution in [0.4, 0.5) is 13.2 Å². The predicted octanol–water partition coefficient (Wildman–Crippen LogP) is 3.28. The van der Waals surface area contributed by atoms with Crippen LogP contribution in [0.25, 0.3) is 0 Å². The standard InChI is InChI=1S/C17H23F3N2O/c1-13-4-2-3-5-15(13)12-22-9-7-14(11-22)10-21-16(23)6-8-17(18,19)20/h2-5,14H,6-12H2,1H3,(H,21,23)/t14-/m1/s1. The Kier molecular flexibility index (Phi) is 6.04. The van der Waals surface area contributed by atoms with Crippen molar-refractivity contribution in [3.05, 3.63) is 35.4 Å². The van der Waals surface area contributed by atoms with Gasteiger partial charge in [0.15, 0.2) is 0 Å². The molecule has 2 rings (SSSR count). The molecular weight excluding hydrogens is 305 g/mol. The third-order valence-electron chi connectivity index (χ3n) is 4.25. The van der Waals surface area contributed by atoms with E-state index in [0.29, 0.717) is 12.5 Å². The molecule has 1 N–H and O–H groups in total. The molecule has 0 saturated carbocycles. The molecule has 0 radical (unpaired) electrons. The number of rotatable bonds is 6. The molecule has 1 aromatic carbocycles. The van der Waals surface area contributed by atoms with Crippen molar-refractivity contribution in [3.63, 3.8) is 0 Å². The molecule has 23 heavy (non-hydrogen) atoms. The lowest BCUT2D eigenvalue weighted by Crippen LogP contribution is -2.31. The van der Waals surface area contributed by atoms with Crippen LogP contribution in [0.2, 0.25) is 0 Å². The van der Waals surface area contributed by atoms with Crippen LogP contribution >= 0.6 is 0 Å². The van der Waals surface area contributed by atoms with Gasteiger partial charge in [-0.05, 0) is 36.9 Å². The summed E-state index contributed by atoms with van der Waals surface area (Å²) in [5.74, 6) is -0.200. The number of nitrogens with zero attached hydrogens (tertiary/aromatic N) is 1. The van der Waals surface area contributed by atoms with E-state index in [2.05, 4.69) is 29.3 Å². The van der Waals surface area contributed by atoms with Crippen molar-refractivity contribution in [3.8, 4) is 0 Å². The number of halogens is 3. The Morgan fingerprint density at radius 2 is 2.09 bits per heavy atom. The molecule has 1 aliphatic heterocycles. The third-order valence-corrected chi connectivity index (χ3v) is 4.25. The van der Waals surface area contributed by atoms with Gasteiger partial charge < -0.3 is 5.32 Å². The van der Waals surface area contributed by atoms with E-state index in [1.54, 1.807) is 0 Å². The minimum absolute atomic E-state index is 0.314. The topological polar surface area (TPSA) is 32.3 Å². The number of hydrogen-bond donors (Lipinski definition) is 1. The normalized spacial score (nSPS) is 19.0. The second-order valence-corrected chi connectivity index (χ2v) is 6.24. The van der Waals surface area contributed by atoms with Crippen LogP contribution in [0.1, 0.15) is 30.4 Å². The maximum absolute atomic E-state index is 12.1. The summed E-state index contributed by atoms with van der Waals surface area (Å²) in [6, 6.07) is 8.24. The van der Waals surface area contributed by atoms with Gasteiger partial charge in [-0.1, -0.05) is 24.3 Å². The summed E-state index contributed by atoms with van der Waals surface area (Å²) in [5, 5.41) is 2.63. The molecule has 1 aliphatic rings. The molecule has 0 unspecified atom stereocenters. The van der Waals surface area contributed by atoms with Gasteiger partial charge in [-0.2, -0.15) is 13.2 Å². The Hall–Kier alpha value is -1.56. The summed E-state index contributed by atoms with van der Waals surface area (Å²) in [4.78, 5) is 13.8. The summed E-state index contributed by atoms with van der Waals surface area (Å²) in [6.07, 6.45) is -4.84. The summed E-state index contributed by atoms with van der Waals surface area (Å²) >= 11 is 0. The van der Waals surface area contributed by atoms with Crippen molar-refractivity contribution in [1.82, 2.24) is 10.2 Å². The van der Waals surface area contributed by atoms with E-state index in [1.165, 1.54) is 11.1 Å². The second kappa shape index (κ2) is 7.81. The lowest BCUT2D eigenvalue weighted by molar-refractivity contribution is -0.144. The summed E-state index contributed by atoms with van der Waals surface area (Å²) in [6.45, 7) is 5.25. The highest BCUT2D eigenvalue weighted by molar-refractivity contribution is 5.75. The van der Waals surface area contributed by atoms with Crippen LogP contribution < -0.4 is 5.32 Å². The van der Waals surface area contributed by atoms with E-state index in [4.69, 9.17) is 0 Å². The van der Waals surface area contributed by atoms with Crippen LogP contribution in [0, 0.1) is 12.8 Å². The summed E-state index contributed by atoms with van der Waals surface area (Å²) < 4.78 is 36.2. The molecule has 1 amide bonds. The molecule has 3 nitrogen and oxygen atoms in total. The van der Waals surface area contributed by atoms with E-state index in [0.717, 1.165) is 26.1 Å².